The molecule has 1 aliphatic carbocycles. The van der Waals surface area contributed by atoms with Gasteiger partial charge in [-0.15, -0.1) is 0 Å². The van der Waals surface area contributed by atoms with E-state index in [1.807, 2.05) is 13.8 Å². The summed E-state index contributed by atoms with van der Waals surface area (Å²) in [5.74, 6) is -1.80. The molecule has 2 aromatic rings. The fourth-order valence-corrected chi connectivity index (χ4v) is 6.20. The van der Waals surface area contributed by atoms with Crippen LogP contribution in [-0.2, 0) is 14.8 Å². The molecule has 3 rings (SSSR count). The molecule has 6 nitrogen and oxygen atoms in total. The molecule has 0 bridgehead atoms. The molecule has 0 saturated heterocycles. The van der Waals surface area contributed by atoms with E-state index in [1.54, 1.807) is 30.3 Å². The normalized spacial score (nSPS) is 15.0. The topological polar surface area (TPSA) is 83.9 Å². The molecule has 1 aliphatic rings. The Labute approximate surface area is 189 Å². The molecule has 2 aromatic carbocycles. The Morgan fingerprint density at radius 1 is 1.09 bits per heavy atom. The van der Waals surface area contributed by atoms with Crippen LogP contribution in [0.1, 0.15) is 46.0 Å². The van der Waals surface area contributed by atoms with Gasteiger partial charge in [-0.1, -0.05) is 51.3 Å². The average molecular weight is 464 g/mol. The number of aliphatic carboxylic acids is 1. The van der Waals surface area contributed by atoms with E-state index in [1.165, 1.54) is 16.4 Å². The lowest BCUT2D eigenvalue weighted by Gasteiger charge is -2.32. The third kappa shape index (κ3) is 5.79. The van der Waals surface area contributed by atoms with Crippen LogP contribution in [0.2, 0.25) is 0 Å². The van der Waals surface area contributed by atoms with Crippen molar-refractivity contribution in [2.45, 2.75) is 51.2 Å². The highest BCUT2D eigenvalue weighted by Gasteiger charge is 2.33. The molecular weight excluding hydrogens is 433 g/mol. The van der Waals surface area contributed by atoms with E-state index in [9.17, 15) is 17.6 Å². The third-order valence-corrected chi connectivity index (χ3v) is 7.87. The summed E-state index contributed by atoms with van der Waals surface area (Å²) < 4.78 is 47.5. The van der Waals surface area contributed by atoms with E-state index in [0.717, 1.165) is 24.8 Å². The lowest BCUT2D eigenvalue weighted by atomic mass is 10.0. The van der Waals surface area contributed by atoms with Gasteiger partial charge in [0.15, 0.2) is 18.2 Å². The molecule has 8 heteroatoms. The molecule has 32 heavy (non-hydrogen) atoms. The number of benzene rings is 2. The molecule has 0 radical (unpaired) electrons. The molecule has 1 N–H and O–H groups in total. The summed E-state index contributed by atoms with van der Waals surface area (Å²) in [6, 6.07) is 11.4. The van der Waals surface area contributed by atoms with Crippen molar-refractivity contribution in [2.24, 2.45) is 5.92 Å². The summed E-state index contributed by atoms with van der Waals surface area (Å²) in [7, 11) is -3.47. The second kappa shape index (κ2) is 10.3. The predicted molar refractivity (Wildman–Crippen MR) is 123 cm³/mol. The summed E-state index contributed by atoms with van der Waals surface area (Å²) in [6.45, 7) is 3.78. The molecule has 0 unspecified atom stereocenters. The number of anilines is 1. The number of ether oxygens (including phenoxy) is 1. The minimum absolute atomic E-state index is 0.130. The van der Waals surface area contributed by atoms with Crippen LogP contribution in [0.25, 0.3) is 11.1 Å². The van der Waals surface area contributed by atoms with Gasteiger partial charge < -0.3 is 9.84 Å². The van der Waals surface area contributed by atoms with Crippen molar-refractivity contribution < 1.29 is 27.4 Å². The lowest BCUT2D eigenvalue weighted by molar-refractivity contribution is -0.139. The SMILES string of the molecule is CC(C)CN(c1ccc(-c2ccc(OCC(=O)O)c(F)c2)cc1)S(=O)(=O)C1CCCCC1. The summed E-state index contributed by atoms with van der Waals surface area (Å²) in [6.07, 6.45) is 4.36. The van der Waals surface area contributed by atoms with E-state index >= 15 is 0 Å². The molecule has 174 valence electrons. The first kappa shape index (κ1) is 24.0. The zero-order valence-corrected chi connectivity index (χ0v) is 19.3. The highest BCUT2D eigenvalue weighted by Crippen LogP contribution is 2.32. The van der Waals surface area contributed by atoms with Gasteiger partial charge >= 0.3 is 5.97 Å². The van der Waals surface area contributed by atoms with Gasteiger partial charge in [0.25, 0.3) is 0 Å². The quantitative estimate of drug-likeness (QED) is 0.561. The number of hydrogen-bond donors (Lipinski definition) is 1. The van der Waals surface area contributed by atoms with E-state index in [2.05, 4.69) is 0 Å². The first-order valence-electron chi connectivity index (χ1n) is 10.9. The van der Waals surface area contributed by atoms with E-state index in [4.69, 9.17) is 9.84 Å². The number of rotatable bonds is 9. The van der Waals surface area contributed by atoms with Crippen LogP contribution in [0.4, 0.5) is 10.1 Å². The average Bonchev–Trinajstić information content (AvgIpc) is 2.77. The van der Waals surface area contributed by atoms with Gasteiger partial charge in [-0.3, -0.25) is 4.31 Å². The van der Waals surface area contributed by atoms with Crippen molar-refractivity contribution >= 4 is 21.7 Å². The highest BCUT2D eigenvalue weighted by atomic mass is 32.2. The second-order valence-electron chi connectivity index (χ2n) is 8.60. The van der Waals surface area contributed by atoms with Gasteiger partial charge in [0, 0.05) is 6.54 Å². The van der Waals surface area contributed by atoms with E-state index in [0.29, 0.717) is 30.6 Å². The van der Waals surface area contributed by atoms with Gasteiger partial charge in [0.1, 0.15) is 0 Å². The number of carboxylic acids is 1. The molecular formula is C24H30FNO5S. The fourth-order valence-electron chi connectivity index (χ4n) is 3.99. The van der Waals surface area contributed by atoms with Crippen molar-refractivity contribution in [1.29, 1.82) is 0 Å². The Morgan fingerprint density at radius 2 is 1.72 bits per heavy atom. The van der Waals surface area contributed by atoms with Gasteiger partial charge in [-0.25, -0.2) is 17.6 Å². The van der Waals surface area contributed by atoms with Crippen molar-refractivity contribution in [3.05, 3.63) is 48.3 Å². The first-order chi connectivity index (χ1) is 15.2. The van der Waals surface area contributed by atoms with Gasteiger partial charge in [0.2, 0.25) is 10.0 Å². The maximum absolute atomic E-state index is 14.3. The first-order valence-corrected chi connectivity index (χ1v) is 12.4. The molecule has 0 atom stereocenters. The van der Waals surface area contributed by atoms with Gasteiger partial charge in [-0.2, -0.15) is 0 Å². The number of hydrogen-bond acceptors (Lipinski definition) is 4. The van der Waals surface area contributed by atoms with Crippen LogP contribution < -0.4 is 9.04 Å². The van der Waals surface area contributed by atoms with Crippen LogP contribution in [0, 0.1) is 11.7 Å². The van der Waals surface area contributed by atoms with Crippen LogP contribution in [0.15, 0.2) is 42.5 Å². The van der Waals surface area contributed by atoms with Gasteiger partial charge in [0.05, 0.1) is 10.9 Å². The van der Waals surface area contributed by atoms with Crippen molar-refractivity contribution in [2.75, 3.05) is 17.5 Å². The summed E-state index contributed by atoms with van der Waals surface area (Å²) in [5, 5.41) is 8.32. The van der Waals surface area contributed by atoms with Crippen molar-refractivity contribution in [3.63, 3.8) is 0 Å². The fraction of sp³-hybridized carbons (Fsp3) is 0.458. The summed E-state index contributed by atoms with van der Waals surface area (Å²) >= 11 is 0. The summed E-state index contributed by atoms with van der Waals surface area (Å²) in [4.78, 5) is 10.6. The number of carboxylic acid groups (broad SMARTS) is 1. The van der Waals surface area contributed by atoms with E-state index < -0.39 is 28.4 Å². The Kier molecular flexibility index (Phi) is 7.77. The maximum Gasteiger partial charge on any atom is 0.341 e. The summed E-state index contributed by atoms with van der Waals surface area (Å²) in [5.41, 5.74) is 1.91. The number of nitrogens with zero attached hydrogens (tertiary/aromatic N) is 1. The van der Waals surface area contributed by atoms with Gasteiger partial charge in [-0.05, 0) is 54.2 Å². The Hall–Kier alpha value is -2.61. The monoisotopic (exact) mass is 463 g/mol. The minimum Gasteiger partial charge on any atom is -0.479 e. The number of sulfonamides is 1. The number of carbonyl (C=O) groups is 1. The largest absolute Gasteiger partial charge is 0.479 e. The zero-order valence-electron chi connectivity index (χ0n) is 18.5. The molecule has 0 heterocycles. The Bertz CT molecular complexity index is 1030. The van der Waals surface area contributed by atoms with Crippen molar-refractivity contribution in [3.8, 4) is 16.9 Å². The molecule has 1 saturated carbocycles. The molecule has 1 fully saturated rings. The van der Waals surface area contributed by atoms with Crippen LogP contribution >= 0.6 is 0 Å². The standard InChI is InChI=1S/C24H30FNO5S/c1-17(2)15-26(32(29,30)21-6-4-3-5-7-21)20-11-8-18(9-12-20)19-10-13-23(22(25)14-19)31-16-24(27)28/h8-14,17,21H,3-7,15-16H2,1-2H3,(H,27,28). The van der Waals surface area contributed by atoms with E-state index in [-0.39, 0.29) is 16.9 Å². The molecule has 0 spiro atoms. The maximum atomic E-state index is 14.3. The molecule has 0 aliphatic heterocycles. The smallest absolute Gasteiger partial charge is 0.341 e. The second-order valence-corrected chi connectivity index (χ2v) is 10.7. The van der Waals surface area contributed by atoms with Crippen LogP contribution in [-0.4, -0.2) is 37.9 Å². The highest BCUT2D eigenvalue weighted by molar-refractivity contribution is 7.93. The lowest BCUT2D eigenvalue weighted by Crippen LogP contribution is -2.41. The molecule has 0 amide bonds. The minimum atomic E-state index is -3.47. The number of halogens is 1. The third-order valence-electron chi connectivity index (χ3n) is 5.58. The van der Waals surface area contributed by atoms with Crippen LogP contribution in [0.3, 0.4) is 0 Å². The Balaban J connectivity index is 1.84. The van der Waals surface area contributed by atoms with Crippen LogP contribution in [0.5, 0.6) is 5.75 Å². The van der Waals surface area contributed by atoms with Crippen molar-refractivity contribution in [1.82, 2.24) is 0 Å². The molecule has 0 aromatic heterocycles. The predicted octanol–water partition coefficient (Wildman–Crippen LogP) is 5.08. The Morgan fingerprint density at radius 3 is 2.28 bits per heavy atom. The zero-order chi connectivity index (χ0) is 23.3.